The van der Waals surface area contributed by atoms with E-state index in [0.29, 0.717) is 18.0 Å². The van der Waals surface area contributed by atoms with Crippen molar-refractivity contribution < 1.29 is 8.42 Å². The van der Waals surface area contributed by atoms with Gasteiger partial charge >= 0.3 is 0 Å². The molecule has 0 atom stereocenters. The highest BCUT2D eigenvalue weighted by molar-refractivity contribution is 7.89. The summed E-state index contributed by atoms with van der Waals surface area (Å²) in [5, 5.41) is 3.29. The molecule has 1 aromatic carbocycles. The Morgan fingerprint density at radius 2 is 2.00 bits per heavy atom. The van der Waals surface area contributed by atoms with Crippen molar-refractivity contribution in [2.75, 3.05) is 13.1 Å². The van der Waals surface area contributed by atoms with Gasteiger partial charge in [-0.3, -0.25) is 0 Å². The van der Waals surface area contributed by atoms with Gasteiger partial charge in [0.1, 0.15) is 0 Å². The molecule has 1 fully saturated rings. The third-order valence-electron chi connectivity index (χ3n) is 4.11. The molecule has 0 radical (unpaired) electrons. The molecule has 1 aliphatic rings. The lowest BCUT2D eigenvalue weighted by Crippen LogP contribution is -2.42. The van der Waals surface area contributed by atoms with Crippen LogP contribution in [0.25, 0.3) is 0 Å². The molecule has 0 aliphatic carbocycles. The van der Waals surface area contributed by atoms with Gasteiger partial charge in [-0.1, -0.05) is 25.1 Å². The Labute approximate surface area is 128 Å². The molecule has 1 N–H and O–H groups in total. The summed E-state index contributed by atoms with van der Waals surface area (Å²) >= 11 is 0. The van der Waals surface area contributed by atoms with E-state index in [-0.39, 0.29) is 5.54 Å². The summed E-state index contributed by atoms with van der Waals surface area (Å²) in [5.74, 6) is 0. The molecule has 5 heteroatoms. The zero-order valence-corrected chi connectivity index (χ0v) is 14.0. The Morgan fingerprint density at radius 1 is 1.29 bits per heavy atom. The van der Waals surface area contributed by atoms with E-state index >= 15 is 0 Å². The normalized spacial score (nSPS) is 19.0. The van der Waals surface area contributed by atoms with Gasteiger partial charge in [0.15, 0.2) is 0 Å². The number of hydrogen-bond acceptors (Lipinski definition) is 3. The van der Waals surface area contributed by atoms with Gasteiger partial charge < -0.3 is 5.32 Å². The summed E-state index contributed by atoms with van der Waals surface area (Å²) in [4.78, 5) is 0.448. The number of rotatable bonds is 6. The lowest BCUT2D eigenvalue weighted by Gasteiger charge is -2.31. The SMILES string of the molecule is CCCNCc1ccccc1S(=O)(=O)N1CCCC1(C)C. The highest BCUT2D eigenvalue weighted by Crippen LogP contribution is 2.34. The second kappa shape index (κ2) is 6.46. The molecule has 1 aliphatic heterocycles. The van der Waals surface area contributed by atoms with Crippen LogP contribution in [0.3, 0.4) is 0 Å². The Kier molecular flexibility index (Phi) is 5.07. The van der Waals surface area contributed by atoms with Crippen molar-refractivity contribution in [2.24, 2.45) is 0 Å². The zero-order valence-electron chi connectivity index (χ0n) is 13.2. The number of nitrogens with zero attached hydrogens (tertiary/aromatic N) is 1. The molecule has 0 saturated carbocycles. The Bertz CT molecular complexity index is 582. The molecule has 1 aromatic rings. The van der Waals surface area contributed by atoms with Crippen LogP contribution in [0, 0.1) is 0 Å². The van der Waals surface area contributed by atoms with E-state index in [1.807, 2.05) is 26.0 Å². The molecule has 0 aromatic heterocycles. The Balaban J connectivity index is 2.32. The van der Waals surface area contributed by atoms with Crippen molar-refractivity contribution in [1.82, 2.24) is 9.62 Å². The van der Waals surface area contributed by atoms with Crippen molar-refractivity contribution in [3.8, 4) is 0 Å². The minimum absolute atomic E-state index is 0.289. The minimum atomic E-state index is -3.42. The van der Waals surface area contributed by atoms with Gasteiger partial charge in [0.05, 0.1) is 4.90 Å². The lowest BCUT2D eigenvalue weighted by atomic mass is 10.0. The van der Waals surface area contributed by atoms with Gasteiger partial charge in [-0.25, -0.2) is 8.42 Å². The maximum absolute atomic E-state index is 13.0. The quantitative estimate of drug-likeness (QED) is 0.822. The van der Waals surface area contributed by atoms with Gasteiger partial charge in [0.25, 0.3) is 0 Å². The zero-order chi connectivity index (χ0) is 15.5. The first kappa shape index (κ1) is 16.5. The van der Waals surface area contributed by atoms with E-state index in [2.05, 4.69) is 12.2 Å². The number of benzene rings is 1. The summed E-state index contributed by atoms with van der Waals surface area (Å²) in [6.07, 6.45) is 2.89. The van der Waals surface area contributed by atoms with Crippen LogP contribution in [0.2, 0.25) is 0 Å². The van der Waals surface area contributed by atoms with Gasteiger partial charge in [-0.2, -0.15) is 4.31 Å². The van der Waals surface area contributed by atoms with Gasteiger partial charge in [-0.15, -0.1) is 0 Å². The van der Waals surface area contributed by atoms with Gasteiger partial charge in [0, 0.05) is 18.6 Å². The third-order valence-corrected chi connectivity index (χ3v) is 6.32. The summed E-state index contributed by atoms with van der Waals surface area (Å²) in [6, 6.07) is 7.34. The molecule has 4 nitrogen and oxygen atoms in total. The fraction of sp³-hybridized carbons (Fsp3) is 0.625. The molecule has 0 bridgehead atoms. The molecular weight excluding hydrogens is 284 g/mol. The minimum Gasteiger partial charge on any atom is -0.313 e. The molecule has 1 heterocycles. The first-order chi connectivity index (χ1) is 9.89. The Hall–Kier alpha value is -0.910. The fourth-order valence-corrected chi connectivity index (χ4v) is 5.02. The second-order valence-corrected chi connectivity index (χ2v) is 8.11. The first-order valence-electron chi connectivity index (χ1n) is 7.71. The first-order valence-corrected chi connectivity index (χ1v) is 9.15. The average molecular weight is 310 g/mol. The van der Waals surface area contributed by atoms with E-state index in [0.717, 1.165) is 31.4 Å². The number of nitrogens with one attached hydrogen (secondary N) is 1. The summed E-state index contributed by atoms with van der Waals surface area (Å²) in [6.45, 7) is 8.22. The lowest BCUT2D eigenvalue weighted by molar-refractivity contribution is 0.291. The van der Waals surface area contributed by atoms with Crippen LogP contribution < -0.4 is 5.32 Å². The maximum Gasteiger partial charge on any atom is 0.243 e. The molecule has 2 rings (SSSR count). The topological polar surface area (TPSA) is 49.4 Å². The van der Waals surface area contributed by atoms with Crippen LogP contribution in [0.15, 0.2) is 29.2 Å². The predicted molar refractivity (Wildman–Crippen MR) is 85.6 cm³/mol. The van der Waals surface area contributed by atoms with E-state index < -0.39 is 10.0 Å². The van der Waals surface area contributed by atoms with Crippen LogP contribution >= 0.6 is 0 Å². The van der Waals surface area contributed by atoms with Gasteiger partial charge in [-0.05, 0) is 51.3 Å². The van der Waals surface area contributed by atoms with Crippen LogP contribution in [0.1, 0.15) is 45.6 Å². The summed E-state index contributed by atoms with van der Waals surface area (Å²) in [7, 11) is -3.42. The van der Waals surface area contributed by atoms with Crippen molar-refractivity contribution in [2.45, 2.75) is 57.0 Å². The van der Waals surface area contributed by atoms with E-state index in [1.54, 1.807) is 16.4 Å². The average Bonchev–Trinajstić information content (AvgIpc) is 2.80. The van der Waals surface area contributed by atoms with Crippen LogP contribution in [0.5, 0.6) is 0 Å². The van der Waals surface area contributed by atoms with Crippen molar-refractivity contribution in [3.05, 3.63) is 29.8 Å². The number of hydrogen-bond donors (Lipinski definition) is 1. The smallest absolute Gasteiger partial charge is 0.243 e. The van der Waals surface area contributed by atoms with E-state index in [1.165, 1.54) is 0 Å². The van der Waals surface area contributed by atoms with Gasteiger partial charge in [0.2, 0.25) is 10.0 Å². The maximum atomic E-state index is 13.0. The molecule has 0 spiro atoms. The Morgan fingerprint density at radius 3 is 2.62 bits per heavy atom. The molecule has 0 unspecified atom stereocenters. The fourth-order valence-electron chi connectivity index (χ4n) is 2.95. The van der Waals surface area contributed by atoms with Crippen LogP contribution in [0.4, 0.5) is 0 Å². The number of sulfonamides is 1. The monoisotopic (exact) mass is 310 g/mol. The second-order valence-electron chi connectivity index (χ2n) is 6.28. The standard InChI is InChI=1S/C16H26N2O2S/c1-4-11-17-13-14-8-5-6-9-15(14)21(19,20)18-12-7-10-16(18,2)3/h5-6,8-9,17H,4,7,10-13H2,1-3H3. The van der Waals surface area contributed by atoms with Crippen LogP contribution in [-0.4, -0.2) is 31.4 Å². The third kappa shape index (κ3) is 3.47. The predicted octanol–water partition coefficient (Wildman–Crippen LogP) is 2.75. The molecular formula is C16H26N2O2S. The van der Waals surface area contributed by atoms with E-state index in [4.69, 9.17) is 0 Å². The van der Waals surface area contributed by atoms with Crippen molar-refractivity contribution >= 4 is 10.0 Å². The largest absolute Gasteiger partial charge is 0.313 e. The summed E-state index contributed by atoms with van der Waals surface area (Å²) in [5.41, 5.74) is 0.566. The molecule has 21 heavy (non-hydrogen) atoms. The summed E-state index contributed by atoms with van der Waals surface area (Å²) < 4.78 is 27.7. The molecule has 0 amide bonds. The highest BCUT2D eigenvalue weighted by Gasteiger charge is 2.41. The highest BCUT2D eigenvalue weighted by atomic mass is 32.2. The van der Waals surface area contributed by atoms with Crippen molar-refractivity contribution in [3.63, 3.8) is 0 Å². The van der Waals surface area contributed by atoms with Crippen LogP contribution in [-0.2, 0) is 16.6 Å². The van der Waals surface area contributed by atoms with E-state index in [9.17, 15) is 8.42 Å². The molecule has 118 valence electrons. The molecule has 1 saturated heterocycles. The van der Waals surface area contributed by atoms with Crippen molar-refractivity contribution in [1.29, 1.82) is 0 Å².